The summed E-state index contributed by atoms with van der Waals surface area (Å²) in [6.45, 7) is 11.0. The van der Waals surface area contributed by atoms with Crippen molar-refractivity contribution in [3.63, 3.8) is 0 Å². The second-order valence-corrected chi connectivity index (χ2v) is 6.60. The van der Waals surface area contributed by atoms with E-state index in [0.717, 1.165) is 13.0 Å². The lowest BCUT2D eigenvalue weighted by Gasteiger charge is -2.25. The van der Waals surface area contributed by atoms with Gasteiger partial charge in [0, 0.05) is 18.5 Å². The molecule has 2 N–H and O–H groups in total. The number of carboxylic acids is 1. The van der Waals surface area contributed by atoms with Gasteiger partial charge in [0.05, 0.1) is 0 Å². The molecule has 6 heteroatoms. The lowest BCUT2D eigenvalue weighted by molar-refractivity contribution is -0.140. The maximum atomic E-state index is 11.7. The van der Waals surface area contributed by atoms with Gasteiger partial charge in [-0.2, -0.15) is 0 Å². The monoisotopic (exact) mass is 286 g/mol. The van der Waals surface area contributed by atoms with Crippen molar-refractivity contribution >= 4 is 12.1 Å². The normalized spacial score (nSPS) is 21.8. The zero-order valence-electron chi connectivity index (χ0n) is 13.0. The number of hydrogen-bond acceptors (Lipinski definition) is 4. The topological polar surface area (TPSA) is 78.9 Å². The first-order valence-electron chi connectivity index (χ1n) is 7.06. The lowest BCUT2D eigenvalue weighted by atomic mass is 9.99. The molecule has 0 radical (unpaired) electrons. The van der Waals surface area contributed by atoms with E-state index >= 15 is 0 Å². The van der Waals surface area contributed by atoms with Gasteiger partial charge < -0.3 is 20.1 Å². The lowest BCUT2D eigenvalue weighted by Crippen LogP contribution is -2.48. The molecule has 6 nitrogen and oxygen atoms in total. The van der Waals surface area contributed by atoms with Crippen LogP contribution in [0.1, 0.15) is 41.0 Å². The summed E-state index contributed by atoms with van der Waals surface area (Å²) in [6, 6.07) is -0.510. The van der Waals surface area contributed by atoms with Crippen LogP contribution in [0.4, 0.5) is 4.79 Å². The zero-order chi connectivity index (χ0) is 15.5. The van der Waals surface area contributed by atoms with Crippen LogP contribution in [-0.2, 0) is 9.53 Å². The Hall–Kier alpha value is -1.30. The maximum Gasteiger partial charge on any atom is 0.408 e. The molecule has 0 aromatic rings. The summed E-state index contributed by atoms with van der Waals surface area (Å²) in [5.74, 6) is -1.09. The summed E-state index contributed by atoms with van der Waals surface area (Å²) in [4.78, 5) is 25.3. The molecule has 116 valence electrons. The van der Waals surface area contributed by atoms with Crippen LogP contribution in [0.3, 0.4) is 0 Å². The van der Waals surface area contributed by atoms with Crippen LogP contribution in [0.25, 0.3) is 0 Å². The molecule has 2 atom stereocenters. The standard InChI is InChI=1S/C14H26N2O4/c1-9(2)16-7-6-10(8-16)11(12(17)18)15-13(19)20-14(3,4)5/h9-11H,6-8H2,1-5H3,(H,15,19)(H,17,18). The number of alkyl carbamates (subject to hydrolysis) is 1. The van der Waals surface area contributed by atoms with Crippen LogP contribution >= 0.6 is 0 Å². The average molecular weight is 286 g/mol. The fraction of sp³-hybridized carbons (Fsp3) is 0.857. The minimum absolute atomic E-state index is 0.0811. The number of nitrogens with zero attached hydrogens (tertiary/aromatic N) is 1. The quantitative estimate of drug-likeness (QED) is 0.822. The minimum Gasteiger partial charge on any atom is -0.480 e. The van der Waals surface area contributed by atoms with E-state index < -0.39 is 23.7 Å². The number of aliphatic carboxylic acids is 1. The Morgan fingerprint density at radius 3 is 2.35 bits per heavy atom. The third-order valence-corrected chi connectivity index (χ3v) is 3.40. The predicted molar refractivity (Wildman–Crippen MR) is 75.6 cm³/mol. The molecule has 20 heavy (non-hydrogen) atoms. The van der Waals surface area contributed by atoms with Crippen LogP contribution in [0.5, 0.6) is 0 Å². The molecule has 2 unspecified atom stereocenters. The molecular weight excluding hydrogens is 260 g/mol. The first kappa shape index (κ1) is 16.8. The summed E-state index contributed by atoms with van der Waals surface area (Å²) < 4.78 is 5.13. The van der Waals surface area contributed by atoms with Gasteiger partial charge in [-0.25, -0.2) is 9.59 Å². The van der Waals surface area contributed by atoms with Gasteiger partial charge in [-0.1, -0.05) is 0 Å². The highest BCUT2D eigenvalue weighted by Gasteiger charge is 2.36. The van der Waals surface area contributed by atoms with Gasteiger partial charge in [0.15, 0.2) is 0 Å². The molecule has 0 aliphatic carbocycles. The Balaban J connectivity index is 2.62. The molecule has 0 aromatic carbocycles. The molecule has 1 fully saturated rings. The average Bonchev–Trinajstić information content (AvgIpc) is 2.71. The molecule has 1 saturated heterocycles. The molecule has 1 aliphatic heterocycles. The van der Waals surface area contributed by atoms with Gasteiger partial charge >= 0.3 is 12.1 Å². The highest BCUT2D eigenvalue weighted by molar-refractivity contribution is 5.80. The van der Waals surface area contributed by atoms with Gasteiger partial charge in [-0.05, 0) is 47.6 Å². The van der Waals surface area contributed by atoms with E-state index in [2.05, 4.69) is 24.1 Å². The molecule has 0 saturated carbocycles. The minimum atomic E-state index is -1.01. The third kappa shape index (κ3) is 5.00. The van der Waals surface area contributed by atoms with Crippen molar-refractivity contribution in [1.82, 2.24) is 10.2 Å². The van der Waals surface area contributed by atoms with Gasteiger partial charge in [-0.15, -0.1) is 0 Å². The van der Waals surface area contributed by atoms with Gasteiger partial charge in [-0.3, -0.25) is 0 Å². The van der Waals surface area contributed by atoms with Crippen molar-refractivity contribution in [2.45, 2.75) is 58.7 Å². The second kappa shape index (κ2) is 6.43. The SMILES string of the molecule is CC(C)N1CCC(C(NC(=O)OC(C)(C)C)C(=O)O)C1. The van der Waals surface area contributed by atoms with Crippen molar-refractivity contribution in [2.75, 3.05) is 13.1 Å². The fourth-order valence-corrected chi connectivity index (χ4v) is 2.37. The predicted octanol–water partition coefficient (Wildman–Crippen LogP) is 1.69. The first-order chi connectivity index (χ1) is 9.10. The molecule has 0 bridgehead atoms. The van der Waals surface area contributed by atoms with Crippen molar-refractivity contribution in [2.24, 2.45) is 5.92 Å². The highest BCUT2D eigenvalue weighted by atomic mass is 16.6. The summed E-state index contributed by atoms with van der Waals surface area (Å²) in [5.41, 5.74) is -0.632. The Kier molecular flexibility index (Phi) is 5.39. The van der Waals surface area contributed by atoms with Gasteiger partial charge in [0.2, 0.25) is 0 Å². The van der Waals surface area contributed by atoms with Crippen molar-refractivity contribution in [3.05, 3.63) is 0 Å². The van der Waals surface area contributed by atoms with Crippen molar-refractivity contribution in [1.29, 1.82) is 0 Å². The number of ether oxygens (including phenoxy) is 1. The van der Waals surface area contributed by atoms with Crippen LogP contribution in [0.2, 0.25) is 0 Å². The molecular formula is C14H26N2O4. The zero-order valence-corrected chi connectivity index (χ0v) is 13.0. The van der Waals surface area contributed by atoms with Crippen LogP contribution in [-0.4, -0.2) is 52.8 Å². The number of amides is 1. The van der Waals surface area contributed by atoms with Crippen molar-refractivity contribution in [3.8, 4) is 0 Å². The van der Waals surface area contributed by atoms with E-state index in [-0.39, 0.29) is 5.92 Å². The largest absolute Gasteiger partial charge is 0.480 e. The Bertz CT molecular complexity index is 363. The molecule has 1 aliphatic rings. The maximum absolute atomic E-state index is 11.7. The summed E-state index contributed by atoms with van der Waals surface area (Å²) in [5, 5.41) is 11.8. The highest BCUT2D eigenvalue weighted by Crippen LogP contribution is 2.22. The third-order valence-electron chi connectivity index (χ3n) is 3.40. The van der Waals surface area contributed by atoms with Gasteiger partial charge in [0.25, 0.3) is 0 Å². The molecule has 1 heterocycles. The number of likely N-dealkylation sites (tertiary alicyclic amines) is 1. The molecule has 0 spiro atoms. The fourth-order valence-electron chi connectivity index (χ4n) is 2.37. The van der Waals surface area contributed by atoms with E-state index in [9.17, 15) is 14.7 Å². The number of carbonyl (C=O) groups excluding carboxylic acids is 1. The van der Waals surface area contributed by atoms with E-state index in [0.29, 0.717) is 12.6 Å². The Labute approximate surface area is 120 Å². The number of rotatable bonds is 4. The summed E-state index contributed by atoms with van der Waals surface area (Å²) in [7, 11) is 0. The molecule has 1 rings (SSSR count). The Morgan fingerprint density at radius 1 is 1.35 bits per heavy atom. The smallest absolute Gasteiger partial charge is 0.408 e. The number of hydrogen-bond donors (Lipinski definition) is 2. The van der Waals surface area contributed by atoms with E-state index in [1.54, 1.807) is 20.8 Å². The van der Waals surface area contributed by atoms with Crippen LogP contribution in [0, 0.1) is 5.92 Å². The summed E-state index contributed by atoms with van der Waals surface area (Å²) in [6.07, 6.45) is 0.0956. The number of carbonyl (C=O) groups is 2. The van der Waals surface area contributed by atoms with E-state index in [1.165, 1.54) is 0 Å². The molecule has 0 aromatic heterocycles. The summed E-state index contributed by atoms with van der Waals surface area (Å²) >= 11 is 0. The second-order valence-electron chi connectivity index (χ2n) is 6.60. The number of carboxylic acid groups (broad SMARTS) is 1. The Morgan fingerprint density at radius 2 is 1.95 bits per heavy atom. The molecule has 1 amide bonds. The van der Waals surface area contributed by atoms with Gasteiger partial charge in [0.1, 0.15) is 11.6 Å². The van der Waals surface area contributed by atoms with Crippen LogP contribution in [0.15, 0.2) is 0 Å². The van der Waals surface area contributed by atoms with Crippen LogP contribution < -0.4 is 5.32 Å². The van der Waals surface area contributed by atoms with Crippen molar-refractivity contribution < 1.29 is 19.4 Å². The first-order valence-corrected chi connectivity index (χ1v) is 7.06. The van der Waals surface area contributed by atoms with E-state index in [1.807, 2.05) is 0 Å². The van der Waals surface area contributed by atoms with E-state index in [4.69, 9.17) is 4.74 Å². The number of nitrogens with one attached hydrogen (secondary N) is 1.